The number of carbonyl (C=O) groups is 2. The molecule has 1 atom stereocenters. The molecule has 2 heterocycles. The van der Waals surface area contributed by atoms with Gasteiger partial charge in [0.15, 0.2) is 0 Å². The van der Waals surface area contributed by atoms with E-state index in [0.717, 1.165) is 62.1 Å². The number of carboxylic acid groups (broad SMARTS) is 1. The third-order valence-corrected chi connectivity index (χ3v) is 6.49. The Balaban J connectivity index is 0.000000325. The Hall–Kier alpha value is -2.36. The number of ether oxygens (including phenoxy) is 1. The number of alkyl halides is 3. The third-order valence-electron chi connectivity index (χ3n) is 6.49. The highest BCUT2D eigenvalue weighted by Gasteiger charge is 2.38. The number of carbonyl (C=O) groups excluding carboxylic acids is 1. The molecule has 0 spiro atoms. The minimum Gasteiger partial charge on any atom is -0.475 e. The van der Waals surface area contributed by atoms with Crippen molar-refractivity contribution in [2.24, 2.45) is 11.8 Å². The van der Waals surface area contributed by atoms with E-state index in [1.165, 1.54) is 31.4 Å². The van der Waals surface area contributed by atoms with Gasteiger partial charge >= 0.3 is 12.1 Å². The molecule has 1 unspecified atom stereocenters. The van der Waals surface area contributed by atoms with Gasteiger partial charge in [-0.3, -0.25) is 4.79 Å². The Morgan fingerprint density at radius 3 is 2.42 bits per heavy atom. The second-order valence-corrected chi connectivity index (χ2v) is 9.46. The van der Waals surface area contributed by atoms with Crippen LogP contribution in [0.3, 0.4) is 0 Å². The van der Waals surface area contributed by atoms with Crippen molar-refractivity contribution in [3.63, 3.8) is 0 Å². The van der Waals surface area contributed by atoms with Crippen molar-refractivity contribution in [1.29, 1.82) is 0 Å². The predicted molar refractivity (Wildman–Crippen MR) is 112 cm³/mol. The summed E-state index contributed by atoms with van der Waals surface area (Å²) in [6.07, 6.45) is 7.45. The zero-order valence-corrected chi connectivity index (χ0v) is 18.5. The molecular weight excluding hydrogens is 439 g/mol. The predicted octanol–water partition coefficient (Wildman–Crippen LogP) is 3.89. The molecule has 5 rings (SSSR count). The second kappa shape index (κ2) is 9.87. The van der Waals surface area contributed by atoms with Gasteiger partial charge in [-0.05, 0) is 56.8 Å². The van der Waals surface area contributed by atoms with Gasteiger partial charge in [-0.2, -0.15) is 13.2 Å². The maximum atomic E-state index is 12.9. The van der Waals surface area contributed by atoms with Crippen molar-refractivity contribution >= 4 is 11.9 Å². The van der Waals surface area contributed by atoms with Gasteiger partial charge in [-0.15, -0.1) is 0 Å². The molecule has 1 aromatic rings. The van der Waals surface area contributed by atoms with Gasteiger partial charge in [0.25, 0.3) is 0 Å². The van der Waals surface area contributed by atoms with Gasteiger partial charge in [0, 0.05) is 36.9 Å². The number of aromatic nitrogens is 2. The maximum absolute atomic E-state index is 12.9. The van der Waals surface area contributed by atoms with Gasteiger partial charge in [-0.1, -0.05) is 6.08 Å². The molecule has 1 amide bonds. The summed E-state index contributed by atoms with van der Waals surface area (Å²) in [5.74, 6) is -0.685. The lowest BCUT2D eigenvalue weighted by atomic mass is 9.97. The van der Waals surface area contributed by atoms with E-state index in [-0.39, 0.29) is 11.8 Å². The standard InChI is InChI=1S/C21H29N3O2.C2HF3O2/c25-21(17-3-1-2-4-17)23-10-18(13-26-12-16-7-8-16)20-19(11-23)22-14-24(20)9-15-5-6-15;3-2(4,5)1(6)7/h3,14-16,18H,1-2,4-13H2;(H,6,7). The van der Waals surface area contributed by atoms with E-state index in [2.05, 4.69) is 10.6 Å². The number of amides is 1. The number of rotatable bonds is 7. The molecule has 10 heteroatoms. The van der Waals surface area contributed by atoms with Gasteiger partial charge < -0.3 is 19.3 Å². The monoisotopic (exact) mass is 469 g/mol. The van der Waals surface area contributed by atoms with Gasteiger partial charge in [0.2, 0.25) is 5.91 Å². The molecule has 0 saturated heterocycles. The fourth-order valence-electron chi connectivity index (χ4n) is 4.36. The molecule has 4 aliphatic rings. The lowest BCUT2D eigenvalue weighted by molar-refractivity contribution is -0.192. The highest BCUT2D eigenvalue weighted by molar-refractivity contribution is 5.94. The lowest BCUT2D eigenvalue weighted by Crippen LogP contribution is -2.41. The Morgan fingerprint density at radius 2 is 1.85 bits per heavy atom. The summed E-state index contributed by atoms with van der Waals surface area (Å²) in [5, 5.41) is 7.12. The number of hydrogen-bond acceptors (Lipinski definition) is 4. The second-order valence-electron chi connectivity index (χ2n) is 9.46. The highest BCUT2D eigenvalue weighted by atomic mass is 19.4. The number of fused-ring (bicyclic) bond motifs is 1. The summed E-state index contributed by atoms with van der Waals surface area (Å²) >= 11 is 0. The fraction of sp³-hybridized carbons (Fsp3) is 0.696. The van der Waals surface area contributed by atoms with Crippen molar-refractivity contribution < 1.29 is 32.6 Å². The smallest absolute Gasteiger partial charge is 0.475 e. The largest absolute Gasteiger partial charge is 0.490 e. The van der Waals surface area contributed by atoms with E-state index in [0.29, 0.717) is 13.2 Å². The average molecular weight is 470 g/mol. The van der Waals surface area contributed by atoms with Gasteiger partial charge in [0.05, 0.1) is 25.2 Å². The molecule has 2 fully saturated rings. The molecule has 0 bridgehead atoms. The summed E-state index contributed by atoms with van der Waals surface area (Å²) in [6.45, 7) is 4.09. The zero-order valence-electron chi connectivity index (χ0n) is 18.5. The first-order valence-corrected chi connectivity index (χ1v) is 11.6. The molecule has 7 nitrogen and oxygen atoms in total. The van der Waals surface area contributed by atoms with E-state index in [4.69, 9.17) is 19.6 Å². The van der Waals surface area contributed by atoms with E-state index in [1.54, 1.807) is 0 Å². The van der Waals surface area contributed by atoms with Crippen LogP contribution >= 0.6 is 0 Å². The first kappa shape index (κ1) is 23.8. The van der Waals surface area contributed by atoms with Crippen molar-refractivity contribution in [3.8, 4) is 0 Å². The van der Waals surface area contributed by atoms with E-state index in [9.17, 15) is 18.0 Å². The molecule has 1 aromatic heterocycles. The van der Waals surface area contributed by atoms with E-state index < -0.39 is 12.1 Å². The maximum Gasteiger partial charge on any atom is 0.490 e. The number of aliphatic carboxylic acids is 1. The third kappa shape index (κ3) is 6.37. The molecule has 0 radical (unpaired) electrons. The van der Waals surface area contributed by atoms with Crippen molar-refractivity contribution in [2.45, 2.75) is 70.1 Å². The quantitative estimate of drug-likeness (QED) is 0.655. The Kier molecular flexibility index (Phi) is 7.11. The van der Waals surface area contributed by atoms with Crippen LogP contribution in [0.15, 0.2) is 18.0 Å². The Morgan fingerprint density at radius 1 is 1.15 bits per heavy atom. The van der Waals surface area contributed by atoms with Crippen LogP contribution in [0.25, 0.3) is 0 Å². The number of allylic oxidation sites excluding steroid dienone is 1. The topological polar surface area (TPSA) is 84.7 Å². The van der Waals surface area contributed by atoms with Crippen LogP contribution in [0.1, 0.15) is 62.3 Å². The number of halogens is 3. The fourth-order valence-corrected chi connectivity index (χ4v) is 4.36. The number of imidazole rings is 1. The number of nitrogens with zero attached hydrogens (tertiary/aromatic N) is 3. The summed E-state index contributed by atoms with van der Waals surface area (Å²) < 4.78 is 40.2. The summed E-state index contributed by atoms with van der Waals surface area (Å²) in [7, 11) is 0. The number of hydrogen-bond donors (Lipinski definition) is 1. The highest BCUT2D eigenvalue weighted by Crippen LogP contribution is 2.36. The number of carboxylic acids is 1. The molecule has 33 heavy (non-hydrogen) atoms. The molecule has 1 N–H and O–H groups in total. The summed E-state index contributed by atoms with van der Waals surface area (Å²) in [6, 6.07) is 0. The van der Waals surface area contributed by atoms with Crippen molar-refractivity contribution in [3.05, 3.63) is 29.4 Å². The molecular formula is C23H30F3N3O4. The first-order valence-electron chi connectivity index (χ1n) is 11.6. The molecule has 2 saturated carbocycles. The average Bonchev–Trinajstić information content (AvgIpc) is 3.66. The SMILES string of the molecule is O=C(C1=CCCC1)N1Cc2ncn(CC3CC3)c2C(COCC2CC2)C1.O=C(O)C(F)(F)F. The van der Waals surface area contributed by atoms with Crippen LogP contribution in [0.2, 0.25) is 0 Å². The molecule has 0 aromatic carbocycles. The van der Waals surface area contributed by atoms with Crippen LogP contribution in [0.5, 0.6) is 0 Å². The van der Waals surface area contributed by atoms with Crippen LogP contribution in [0, 0.1) is 11.8 Å². The van der Waals surface area contributed by atoms with Gasteiger partial charge in [0.1, 0.15) is 0 Å². The Bertz CT molecular complexity index is 903. The normalized spacial score (nSPS) is 22.3. The van der Waals surface area contributed by atoms with Crippen LogP contribution in [-0.2, 0) is 27.4 Å². The molecule has 3 aliphatic carbocycles. The minimum atomic E-state index is -5.08. The zero-order chi connectivity index (χ0) is 23.6. The van der Waals surface area contributed by atoms with E-state index >= 15 is 0 Å². The summed E-state index contributed by atoms with van der Waals surface area (Å²) in [5.41, 5.74) is 3.42. The van der Waals surface area contributed by atoms with Crippen molar-refractivity contribution in [2.75, 3.05) is 19.8 Å². The van der Waals surface area contributed by atoms with Crippen molar-refractivity contribution in [1.82, 2.24) is 14.5 Å². The molecule has 1 aliphatic heterocycles. The minimum absolute atomic E-state index is 0.220. The van der Waals surface area contributed by atoms with E-state index in [1.807, 2.05) is 11.2 Å². The van der Waals surface area contributed by atoms with Crippen LogP contribution < -0.4 is 0 Å². The summed E-state index contributed by atoms with van der Waals surface area (Å²) in [4.78, 5) is 28.5. The first-order chi connectivity index (χ1) is 15.7. The van der Waals surface area contributed by atoms with Gasteiger partial charge in [-0.25, -0.2) is 9.78 Å². The lowest BCUT2D eigenvalue weighted by Gasteiger charge is -2.33. The Labute approximate surface area is 190 Å². The molecule has 182 valence electrons. The van der Waals surface area contributed by atoms with Crippen LogP contribution in [0.4, 0.5) is 13.2 Å². The van der Waals surface area contributed by atoms with Crippen LogP contribution in [-0.4, -0.2) is 57.4 Å².